The minimum atomic E-state index is -0.482. The number of aromatic nitrogens is 3. The first kappa shape index (κ1) is 15.1. The van der Waals surface area contributed by atoms with E-state index in [1.807, 2.05) is 0 Å². The van der Waals surface area contributed by atoms with Crippen molar-refractivity contribution in [2.45, 2.75) is 13.5 Å². The highest BCUT2D eigenvalue weighted by atomic mass is 19.1. The molecule has 0 unspecified atom stereocenters. The van der Waals surface area contributed by atoms with Gasteiger partial charge >= 0.3 is 0 Å². The Morgan fingerprint density at radius 1 is 1.16 bits per heavy atom. The Balaban J connectivity index is 2.03. The Bertz CT molecular complexity index is 1040. The molecule has 2 heterocycles. The highest BCUT2D eigenvalue weighted by molar-refractivity contribution is 6.15. The van der Waals surface area contributed by atoms with Gasteiger partial charge in [0.1, 0.15) is 18.2 Å². The fourth-order valence-electron chi connectivity index (χ4n) is 2.96. The van der Waals surface area contributed by atoms with Crippen molar-refractivity contribution < 1.29 is 9.31 Å². The Hall–Kier alpha value is -3.42. The molecule has 4 rings (SSSR count). The van der Waals surface area contributed by atoms with Gasteiger partial charge in [0.2, 0.25) is 0 Å². The molecule has 0 saturated carbocycles. The van der Waals surface area contributed by atoms with Crippen molar-refractivity contribution in [3.63, 3.8) is 0 Å². The van der Waals surface area contributed by atoms with Crippen molar-refractivity contribution in [2.75, 3.05) is 0 Å². The number of halogens is 1. The van der Waals surface area contributed by atoms with E-state index in [4.69, 9.17) is 0 Å². The van der Waals surface area contributed by atoms with E-state index in [0.29, 0.717) is 34.2 Å². The van der Waals surface area contributed by atoms with Crippen molar-refractivity contribution in [1.29, 1.82) is 0 Å². The molecule has 0 amide bonds. The molecule has 0 N–H and O–H groups in total. The number of hydrogen-bond donors (Lipinski definition) is 0. The first-order valence-corrected chi connectivity index (χ1v) is 7.55. The number of benzene rings is 2. The summed E-state index contributed by atoms with van der Waals surface area (Å²) in [7, 11) is 0. The molecular weight excluding hydrogens is 325 g/mol. The molecule has 0 saturated heterocycles. The van der Waals surface area contributed by atoms with Crippen LogP contribution in [0, 0.1) is 22.9 Å². The van der Waals surface area contributed by atoms with Crippen LogP contribution in [-0.2, 0) is 6.54 Å². The van der Waals surface area contributed by atoms with E-state index in [9.17, 15) is 14.5 Å². The Labute approximate surface area is 141 Å². The molecule has 2 aromatic carbocycles. The minimum absolute atomic E-state index is 0.0861. The van der Waals surface area contributed by atoms with Gasteiger partial charge in [0.25, 0.3) is 5.69 Å². The molecule has 0 spiro atoms. The predicted octanol–water partition coefficient (Wildman–Crippen LogP) is 2.97. The van der Waals surface area contributed by atoms with Gasteiger partial charge in [-0.1, -0.05) is 12.1 Å². The van der Waals surface area contributed by atoms with Crippen molar-refractivity contribution in [3.8, 4) is 5.69 Å². The molecule has 3 aromatic rings. The number of nitro groups is 1. The van der Waals surface area contributed by atoms with Gasteiger partial charge in [-0.25, -0.2) is 4.39 Å². The minimum Gasteiger partial charge on any atom is -0.281 e. The average molecular weight is 337 g/mol. The number of hydrogen-bond acceptors (Lipinski definition) is 5. The number of aryl methyl sites for hydroxylation is 1. The third-order valence-electron chi connectivity index (χ3n) is 4.09. The second-order valence-corrected chi connectivity index (χ2v) is 5.60. The lowest BCUT2D eigenvalue weighted by atomic mass is 9.99. The van der Waals surface area contributed by atoms with Crippen LogP contribution in [0.25, 0.3) is 5.69 Å². The highest BCUT2D eigenvalue weighted by Crippen LogP contribution is 2.29. The standard InChI is InChI=1S/C17H12FN5O2/c1-10-20-21-16-9-19-17(12-4-2-3-5-14(12)18)13-8-11(23(24)25)6-7-15(13)22(10)16/h2-8H,9H2,1H3. The topological polar surface area (TPSA) is 86.2 Å². The van der Waals surface area contributed by atoms with Crippen molar-refractivity contribution in [1.82, 2.24) is 14.8 Å². The average Bonchev–Trinajstić information content (AvgIpc) is 2.88. The van der Waals surface area contributed by atoms with Gasteiger partial charge in [-0.05, 0) is 25.1 Å². The number of nitro benzene ring substituents is 1. The number of aliphatic imine (C=N–C) groups is 1. The van der Waals surface area contributed by atoms with Crippen LogP contribution in [0.3, 0.4) is 0 Å². The Morgan fingerprint density at radius 3 is 2.72 bits per heavy atom. The summed E-state index contributed by atoms with van der Waals surface area (Å²) in [6.45, 7) is 1.99. The quantitative estimate of drug-likeness (QED) is 0.531. The summed E-state index contributed by atoms with van der Waals surface area (Å²) in [6, 6.07) is 10.7. The SMILES string of the molecule is Cc1nnc2n1-c1ccc([N+](=O)[O-])cc1C(c1ccccc1F)=NC2. The van der Waals surface area contributed by atoms with Crippen LogP contribution in [0.4, 0.5) is 10.1 Å². The van der Waals surface area contributed by atoms with E-state index in [1.54, 1.807) is 35.8 Å². The molecule has 8 heteroatoms. The predicted molar refractivity (Wildman–Crippen MR) is 88.5 cm³/mol. The molecule has 124 valence electrons. The molecule has 1 aromatic heterocycles. The maximum Gasteiger partial charge on any atom is 0.270 e. The van der Waals surface area contributed by atoms with Crippen LogP contribution in [-0.4, -0.2) is 25.4 Å². The second-order valence-electron chi connectivity index (χ2n) is 5.60. The third kappa shape index (κ3) is 2.38. The van der Waals surface area contributed by atoms with E-state index in [1.165, 1.54) is 18.2 Å². The van der Waals surface area contributed by atoms with E-state index in [0.717, 1.165) is 0 Å². The van der Waals surface area contributed by atoms with Gasteiger partial charge in [0, 0.05) is 23.3 Å². The Morgan fingerprint density at radius 2 is 1.96 bits per heavy atom. The molecule has 1 aliphatic heterocycles. The number of rotatable bonds is 2. The highest BCUT2D eigenvalue weighted by Gasteiger charge is 2.25. The van der Waals surface area contributed by atoms with Crippen molar-refractivity contribution >= 4 is 11.4 Å². The van der Waals surface area contributed by atoms with E-state index < -0.39 is 10.7 Å². The summed E-state index contributed by atoms with van der Waals surface area (Å²) in [5.74, 6) is 0.794. The van der Waals surface area contributed by atoms with Gasteiger partial charge in [0.05, 0.1) is 16.3 Å². The van der Waals surface area contributed by atoms with E-state index in [-0.39, 0.29) is 12.2 Å². The van der Waals surface area contributed by atoms with Gasteiger partial charge < -0.3 is 0 Å². The summed E-state index contributed by atoms with van der Waals surface area (Å²) in [4.78, 5) is 15.2. The summed E-state index contributed by atoms with van der Waals surface area (Å²) >= 11 is 0. The van der Waals surface area contributed by atoms with Crippen LogP contribution >= 0.6 is 0 Å². The molecule has 1 aliphatic rings. The van der Waals surface area contributed by atoms with Crippen molar-refractivity contribution in [3.05, 3.63) is 81.2 Å². The fourth-order valence-corrected chi connectivity index (χ4v) is 2.96. The van der Waals surface area contributed by atoms with Crippen LogP contribution in [0.1, 0.15) is 22.8 Å². The monoisotopic (exact) mass is 337 g/mol. The molecular formula is C17H12FN5O2. The lowest BCUT2D eigenvalue weighted by Crippen LogP contribution is -2.10. The molecule has 0 fully saturated rings. The maximum absolute atomic E-state index is 14.3. The molecule has 0 bridgehead atoms. The van der Waals surface area contributed by atoms with E-state index >= 15 is 0 Å². The lowest BCUT2D eigenvalue weighted by molar-refractivity contribution is -0.384. The zero-order valence-electron chi connectivity index (χ0n) is 13.2. The molecule has 0 atom stereocenters. The molecule has 25 heavy (non-hydrogen) atoms. The number of non-ortho nitro benzene ring substituents is 1. The molecule has 0 aliphatic carbocycles. The van der Waals surface area contributed by atoms with Gasteiger partial charge in [0.15, 0.2) is 5.82 Å². The van der Waals surface area contributed by atoms with Gasteiger partial charge in [-0.3, -0.25) is 19.7 Å². The smallest absolute Gasteiger partial charge is 0.270 e. The summed E-state index contributed by atoms with van der Waals surface area (Å²) in [5.41, 5.74) is 1.68. The Kier molecular flexibility index (Phi) is 3.38. The lowest BCUT2D eigenvalue weighted by Gasteiger charge is -2.12. The summed E-state index contributed by atoms with van der Waals surface area (Å²) in [5, 5.41) is 19.4. The van der Waals surface area contributed by atoms with E-state index in [2.05, 4.69) is 15.2 Å². The number of nitrogens with zero attached hydrogens (tertiary/aromatic N) is 5. The van der Waals surface area contributed by atoms with Crippen molar-refractivity contribution in [2.24, 2.45) is 4.99 Å². The zero-order valence-corrected chi connectivity index (χ0v) is 13.2. The first-order chi connectivity index (χ1) is 12.1. The van der Waals surface area contributed by atoms with Crippen LogP contribution in [0.15, 0.2) is 47.5 Å². The maximum atomic E-state index is 14.3. The van der Waals surface area contributed by atoms with Crippen LogP contribution < -0.4 is 0 Å². The molecule has 0 radical (unpaired) electrons. The fraction of sp³-hybridized carbons (Fsp3) is 0.118. The molecule has 7 nitrogen and oxygen atoms in total. The summed E-state index contributed by atoms with van der Waals surface area (Å²) in [6.07, 6.45) is 0. The zero-order chi connectivity index (χ0) is 17.6. The van der Waals surface area contributed by atoms with Crippen LogP contribution in [0.2, 0.25) is 0 Å². The van der Waals surface area contributed by atoms with Gasteiger partial charge in [-0.15, -0.1) is 10.2 Å². The van der Waals surface area contributed by atoms with Gasteiger partial charge in [-0.2, -0.15) is 0 Å². The third-order valence-corrected chi connectivity index (χ3v) is 4.09. The normalized spacial score (nSPS) is 12.8. The summed E-state index contributed by atoms with van der Waals surface area (Å²) < 4.78 is 16.1. The second kappa shape index (κ2) is 5.59. The first-order valence-electron chi connectivity index (χ1n) is 7.55. The largest absolute Gasteiger partial charge is 0.281 e. The number of fused-ring (bicyclic) bond motifs is 3. The van der Waals surface area contributed by atoms with Crippen LogP contribution in [0.5, 0.6) is 0 Å².